The number of ether oxygens (including phenoxy) is 1. The maximum atomic E-state index is 12.1. The van der Waals surface area contributed by atoms with Gasteiger partial charge in [-0.05, 0) is 31.2 Å². The van der Waals surface area contributed by atoms with E-state index in [4.69, 9.17) is 9.15 Å². The van der Waals surface area contributed by atoms with E-state index in [2.05, 4.69) is 10.9 Å². The number of carbonyl (C=O) groups is 3. The third-order valence-electron chi connectivity index (χ3n) is 3.99. The van der Waals surface area contributed by atoms with Crippen LogP contribution in [0.2, 0.25) is 0 Å². The highest BCUT2D eigenvalue weighted by molar-refractivity contribution is 5.96. The van der Waals surface area contributed by atoms with Gasteiger partial charge in [-0.3, -0.25) is 25.2 Å². The number of furan rings is 1. The Morgan fingerprint density at radius 3 is 2.61 bits per heavy atom. The van der Waals surface area contributed by atoms with Gasteiger partial charge in [0, 0.05) is 22.6 Å². The van der Waals surface area contributed by atoms with E-state index in [-0.39, 0.29) is 12.2 Å². The summed E-state index contributed by atoms with van der Waals surface area (Å²) in [5.41, 5.74) is 5.87. The number of phenolic OH excluding ortho intramolecular Hbond substituents is 1. The second kappa shape index (κ2) is 8.26. The first kappa shape index (κ1) is 19.0. The smallest absolute Gasteiger partial charge is 0.311 e. The Kier molecular flexibility index (Phi) is 5.59. The van der Waals surface area contributed by atoms with Gasteiger partial charge in [0.05, 0.1) is 12.7 Å². The summed E-state index contributed by atoms with van der Waals surface area (Å²) in [6, 6.07) is 12.9. The summed E-state index contributed by atoms with van der Waals surface area (Å²) in [5, 5.41) is 10.1. The van der Waals surface area contributed by atoms with Crippen molar-refractivity contribution < 1.29 is 28.6 Å². The Morgan fingerprint density at radius 2 is 1.86 bits per heavy atom. The minimum atomic E-state index is -1.11. The van der Waals surface area contributed by atoms with Gasteiger partial charge in [-0.15, -0.1) is 0 Å². The zero-order chi connectivity index (χ0) is 20.1. The van der Waals surface area contributed by atoms with Gasteiger partial charge in [-0.1, -0.05) is 18.2 Å². The molecule has 144 valence electrons. The van der Waals surface area contributed by atoms with Gasteiger partial charge in [0.25, 0.3) is 11.8 Å². The summed E-state index contributed by atoms with van der Waals surface area (Å²) >= 11 is 0. The number of carbonyl (C=O) groups excluding carboxylic acids is 3. The second-order valence-corrected chi connectivity index (χ2v) is 6.06. The molecule has 1 atom stereocenters. The molecule has 1 heterocycles. The van der Waals surface area contributed by atoms with Crippen LogP contribution >= 0.6 is 0 Å². The molecule has 3 rings (SSSR count). The Labute approximate surface area is 160 Å². The summed E-state index contributed by atoms with van der Waals surface area (Å²) < 4.78 is 10.4. The lowest BCUT2D eigenvalue weighted by molar-refractivity contribution is -0.154. The average Bonchev–Trinajstić information content (AvgIpc) is 3.07. The molecule has 0 bridgehead atoms. The number of hydrogen-bond acceptors (Lipinski definition) is 6. The maximum absolute atomic E-state index is 12.1. The lowest BCUT2D eigenvalue weighted by Gasteiger charge is -2.14. The normalized spacial score (nSPS) is 11.6. The van der Waals surface area contributed by atoms with E-state index in [1.54, 1.807) is 36.4 Å². The Balaban J connectivity index is 1.51. The second-order valence-electron chi connectivity index (χ2n) is 6.06. The summed E-state index contributed by atoms with van der Waals surface area (Å²) in [6.45, 7) is 1.40. The standard InChI is InChI=1S/C20H18N2O6/c1-12(19(25)21-22-20(26)13-5-3-2-4-6-13)28-18(24)9-14-11-27-17-10-15(23)7-8-16(14)17/h2-8,10-12,23H,9H2,1H3,(H,21,25)(H,22,26)/t12-/m1/s1. The van der Waals surface area contributed by atoms with Gasteiger partial charge in [0.2, 0.25) is 0 Å². The summed E-state index contributed by atoms with van der Waals surface area (Å²) in [7, 11) is 0. The Bertz CT molecular complexity index is 1010. The van der Waals surface area contributed by atoms with Crippen LogP contribution in [0.5, 0.6) is 5.75 Å². The lowest BCUT2D eigenvalue weighted by atomic mass is 10.1. The third kappa shape index (κ3) is 4.47. The molecule has 0 aliphatic heterocycles. The van der Waals surface area contributed by atoms with Crippen molar-refractivity contribution >= 4 is 28.8 Å². The van der Waals surface area contributed by atoms with E-state index in [0.29, 0.717) is 22.1 Å². The highest BCUT2D eigenvalue weighted by Gasteiger charge is 2.20. The Morgan fingerprint density at radius 1 is 1.11 bits per heavy atom. The predicted molar refractivity (Wildman–Crippen MR) is 99.2 cm³/mol. The molecule has 2 amide bonds. The molecule has 0 fully saturated rings. The number of fused-ring (bicyclic) bond motifs is 1. The molecule has 8 nitrogen and oxygen atoms in total. The molecule has 28 heavy (non-hydrogen) atoms. The number of hydrogen-bond donors (Lipinski definition) is 3. The molecule has 0 saturated heterocycles. The van der Waals surface area contributed by atoms with Gasteiger partial charge in [-0.25, -0.2) is 0 Å². The zero-order valence-corrected chi connectivity index (χ0v) is 15.0. The van der Waals surface area contributed by atoms with Crippen molar-refractivity contribution in [1.29, 1.82) is 0 Å². The van der Waals surface area contributed by atoms with Crippen molar-refractivity contribution in [2.45, 2.75) is 19.4 Å². The van der Waals surface area contributed by atoms with E-state index in [1.165, 1.54) is 25.3 Å². The minimum absolute atomic E-state index is 0.0545. The van der Waals surface area contributed by atoms with Crippen LogP contribution in [0.15, 0.2) is 59.2 Å². The van der Waals surface area contributed by atoms with Crippen LogP contribution in [0.3, 0.4) is 0 Å². The van der Waals surface area contributed by atoms with Gasteiger partial charge >= 0.3 is 5.97 Å². The SMILES string of the molecule is C[C@@H](OC(=O)Cc1coc2cc(O)ccc12)C(=O)NNC(=O)c1ccccc1. The largest absolute Gasteiger partial charge is 0.508 e. The first-order valence-electron chi connectivity index (χ1n) is 8.48. The monoisotopic (exact) mass is 382 g/mol. The van der Waals surface area contributed by atoms with E-state index in [9.17, 15) is 19.5 Å². The van der Waals surface area contributed by atoms with Crippen LogP contribution in [-0.4, -0.2) is 29.0 Å². The molecule has 3 N–H and O–H groups in total. The van der Waals surface area contributed by atoms with Gasteiger partial charge in [-0.2, -0.15) is 0 Å². The molecule has 8 heteroatoms. The van der Waals surface area contributed by atoms with Crippen molar-refractivity contribution in [2.75, 3.05) is 0 Å². The molecular formula is C20H18N2O6. The fourth-order valence-electron chi connectivity index (χ4n) is 2.54. The number of nitrogens with one attached hydrogen (secondary N) is 2. The number of benzene rings is 2. The molecule has 0 saturated carbocycles. The fraction of sp³-hybridized carbons (Fsp3) is 0.150. The van der Waals surface area contributed by atoms with E-state index in [1.807, 2.05) is 0 Å². The van der Waals surface area contributed by atoms with E-state index < -0.39 is 23.9 Å². The predicted octanol–water partition coefficient (Wildman–Crippen LogP) is 2.07. The van der Waals surface area contributed by atoms with Crippen molar-refractivity contribution in [2.24, 2.45) is 0 Å². The van der Waals surface area contributed by atoms with E-state index >= 15 is 0 Å². The van der Waals surface area contributed by atoms with Crippen molar-refractivity contribution in [1.82, 2.24) is 10.9 Å². The minimum Gasteiger partial charge on any atom is -0.508 e. The van der Waals surface area contributed by atoms with Crippen LogP contribution in [-0.2, 0) is 20.7 Å². The number of rotatable bonds is 5. The van der Waals surface area contributed by atoms with E-state index in [0.717, 1.165) is 0 Å². The molecular weight excluding hydrogens is 364 g/mol. The van der Waals surface area contributed by atoms with Crippen LogP contribution in [0, 0.1) is 0 Å². The topological polar surface area (TPSA) is 118 Å². The average molecular weight is 382 g/mol. The third-order valence-corrected chi connectivity index (χ3v) is 3.99. The molecule has 2 aromatic carbocycles. The van der Waals surface area contributed by atoms with Gasteiger partial charge < -0.3 is 14.3 Å². The molecule has 0 aliphatic rings. The number of phenols is 1. The fourth-order valence-corrected chi connectivity index (χ4v) is 2.54. The summed E-state index contributed by atoms with van der Waals surface area (Å²) in [4.78, 5) is 36.0. The van der Waals surface area contributed by atoms with Crippen LogP contribution in [0.25, 0.3) is 11.0 Å². The summed E-state index contributed by atoms with van der Waals surface area (Å²) in [6.07, 6.45) is 0.188. The quantitative estimate of drug-likeness (QED) is 0.459. The number of amides is 2. The van der Waals surface area contributed by atoms with Crippen molar-refractivity contribution in [3.63, 3.8) is 0 Å². The maximum Gasteiger partial charge on any atom is 0.311 e. The lowest BCUT2D eigenvalue weighted by Crippen LogP contribution is -2.46. The Hall–Kier alpha value is -3.81. The van der Waals surface area contributed by atoms with Gasteiger partial charge in [0.1, 0.15) is 11.3 Å². The van der Waals surface area contributed by atoms with Crippen LogP contribution in [0.1, 0.15) is 22.8 Å². The summed E-state index contributed by atoms with van der Waals surface area (Å²) in [5.74, 6) is -1.73. The van der Waals surface area contributed by atoms with Crippen molar-refractivity contribution in [3.05, 3.63) is 65.9 Å². The first-order chi connectivity index (χ1) is 13.4. The molecule has 3 aromatic rings. The molecule has 0 radical (unpaired) electrons. The van der Waals surface area contributed by atoms with Crippen LogP contribution < -0.4 is 10.9 Å². The van der Waals surface area contributed by atoms with Gasteiger partial charge in [0.15, 0.2) is 6.10 Å². The molecule has 0 aliphatic carbocycles. The highest BCUT2D eigenvalue weighted by atomic mass is 16.5. The zero-order valence-electron chi connectivity index (χ0n) is 15.0. The first-order valence-corrected chi connectivity index (χ1v) is 8.48. The number of aromatic hydroxyl groups is 1. The molecule has 1 aromatic heterocycles. The van der Waals surface area contributed by atoms with Crippen LogP contribution in [0.4, 0.5) is 0 Å². The molecule has 0 spiro atoms. The molecule has 0 unspecified atom stereocenters. The number of hydrazine groups is 1. The van der Waals surface area contributed by atoms with Crippen molar-refractivity contribution in [3.8, 4) is 5.75 Å². The number of esters is 1. The highest BCUT2D eigenvalue weighted by Crippen LogP contribution is 2.25.